The average Bonchev–Trinajstić information content (AvgIpc) is 4.18. The molecule has 27 nitrogen and oxygen atoms in total. The highest BCUT2D eigenvalue weighted by molar-refractivity contribution is 5.98. The largest absolute Gasteiger partial charge is 0.481 e. The predicted molar refractivity (Wildman–Crippen MR) is 269 cm³/mol. The summed E-state index contributed by atoms with van der Waals surface area (Å²) < 4.78 is 0. The number of guanidine groups is 1. The molecule has 18 N–H and O–H groups in total. The van der Waals surface area contributed by atoms with E-state index in [9.17, 15) is 63.3 Å². The van der Waals surface area contributed by atoms with E-state index in [0.29, 0.717) is 58.0 Å². The van der Waals surface area contributed by atoms with Gasteiger partial charge in [-0.05, 0) is 128 Å². The minimum Gasteiger partial charge on any atom is -0.481 e. The Morgan fingerprint density at radius 2 is 1.08 bits per heavy atom. The van der Waals surface area contributed by atoms with Gasteiger partial charge < -0.3 is 85.3 Å². The lowest BCUT2D eigenvalue weighted by Crippen LogP contribution is -2.60. The Morgan fingerprint density at radius 3 is 1.55 bits per heavy atom. The Hall–Kier alpha value is -6.19. The number of aliphatic hydroxyl groups excluding tert-OH is 1. The highest BCUT2D eigenvalue weighted by Crippen LogP contribution is 2.23. The Kier molecular flexibility index (Phi) is 27.0. The van der Waals surface area contributed by atoms with Gasteiger partial charge in [-0.2, -0.15) is 0 Å². The normalized spacial score (nSPS) is 19.8. The van der Waals surface area contributed by atoms with Crippen molar-refractivity contribution >= 4 is 65.2 Å². The molecular formula is C47H82N14O13. The lowest BCUT2D eigenvalue weighted by Gasteiger charge is -2.31. The maximum absolute atomic E-state index is 14.4. The lowest BCUT2D eigenvalue weighted by atomic mass is 10.0. The van der Waals surface area contributed by atoms with Crippen LogP contribution in [0, 0.1) is 5.92 Å². The molecule has 0 bridgehead atoms. The van der Waals surface area contributed by atoms with Crippen LogP contribution in [0.4, 0.5) is 0 Å². The first-order chi connectivity index (χ1) is 35.2. The number of hydrogen-bond donors (Lipinski definition) is 14. The highest BCUT2D eigenvalue weighted by atomic mass is 16.4. The molecule has 3 fully saturated rings. The molecule has 8 amide bonds. The second-order valence-corrected chi connectivity index (χ2v) is 19.5. The second kappa shape index (κ2) is 32.2. The fourth-order valence-corrected chi connectivity index (χ4v) is 9.23. The highest BCUT2D eigenvalue weighted by Gasteiger charge is 2.42. The van der Waals surface area contributed by atoms with Gasteiger partial charge in [0.25, 0.3) is 0 Å². The number of unbranched alkanes of at least 4 members (excludes halogenated alkanes) is 2. The van der Waals surface area contributed by atoms with Crippen molar-refractivity contribution in [2.45, 2.75) is 177 Å². The van der Waals surface area contributed by atoms with E-state index in [1.807, 2.05) is 13.8 Å². The van der Waals surface area contributed by atoms with E-state index in [1.54, 1.807) is 0 Å². The number of carbonyl (C=O) groups excluding carboxylic acids is 8. The van der Waals surface area contributed by atoms with E-state index in [-0.39, 0.29) is 95.3 Å². The van der Waals surface area contributed by atoms with Gasteiger partial charge in [0.15, 0.2) is 5.96 Å². The molecule has 0 unspecified atom stereocenters. The van der Waals surface area contributed by atoms with E-state index >= 15 is 0 Å². The molecule has 418 valence electrons. The Labute approximate surface area is 431 Å². The summed E-state index contributed by atoms with van der Waals surface area (Å²) >= 11 is 0. The number of aliphatic imine (C=N–C) groups is 1. The van der Waals surface area contributed by atoms with Gasteiger partial charge in [-0.1, -0.05) is 13.8 Å². The summed E-state index contributed by atoms with van der Waals surface area (Å²) in [7, 11) is 0. The summed E-state index contributed by atoms with van der Waals surface area (Å²) in [5.74, 6) is -8.61. The van der Waals surface area contributed by atoms with Crippen molar-refractivity contribution in [1.29, 1.82) is 0 Å². The fourth-order valence-electron chi connectivity index (χ4n) is 9.23. The molecule has 3 aliphatic heterocycles. The standard InChI is InChI=1S/C47H82N14O13/c1-27(2)25-33(58-38(65)28-13-7-21-52-28)40(67)54-29(17-18-37(63)64)39(66)55-30(11-3-5-19-48)44(71)61-24-10-16-36(61)43(70)59-34(26-62)41(68)56-31(14-8-22-53-47(50)51)45(72)60-23-9-15-35(60)42(69)57-32(46(73)74)12-4-6-20-49/h27-36,52,62H,3-26,48-49H2,1-2H3,(H,54,67)(H,55,66)(H,56,68)(H,57,69)(H,58,65)(H,59,70)(H,63,64)(H,73,74)(H4,50,51,53)/t28-,29-,30-,31-,32-,33-,34-,35-,36-/m0/s1. The molecule has 0 aromatic carbocycles. The molecule has 27 heteroatoms. The van der Waals surface area contributed by atoms with Crippen molar-refractivity contribution in [1.82, 2.24) is 47.0 Å². The van der Waals surface area contributed by atoms with Gasteiger partial charge in [-0.25, -0.2) is 4.79 Å². The zero-order valence-corrected chi connectivity index (χ0v) is 42.8. The SMILES string of the molecule is CC(C)C[C@H](NC(=O)[C@@H]1CCCN1)C(=O)N[C@@H](CCC(=O)O)C(=O)N[C@@H](CCCCN)C(=O)N1CCC[C@H]1C(=O)N[C@@H](CO)C(=O)N[C@@H](CCCN=C(N)N)C(=O)N1CCC[C@H]1C(=O)N[C@@H](CCCCN)C(=O)O. The summed E-state index contributed by atoms with van der Waals surface area (Å²) in [6.45, 7) is 4.21. The van der Waals surface area contributed by atoms with Gasteiger partial charge in [0, 0.05) is 26.1 Å². The first kappa shape index (κ1) is 62.1. The van der Waals surface area contributed by atoms with Crippen LogP contribution in [0.5, 0.6) is 0 Å². The maximum Gasteiger partial charge on any atom is 0.326 e. The van der Waals surface area contributed by atoms with Gasteiger partial charge in [0.2, 0.25) is 47.3 Å². The fraction of sp³-hybridized carbons (Fsp3) is 0.766. The number of carbonyl (C=O) groups is 10. The number of carboxylic acids is 2. The third-order valence-electron chi connectivity index (χ3n) is 13.2. The maximum atomic E-state index is 14.4. The van der Waals surface area contributed by atoms with E-state index in [1.165, 1.54) is 9.80 Å². The van der Waals surface area contributed by atoms with E-state index in [4.69, 9.17) is 22.9 Å². The van der Waals surface area contributed by atoms with Gasteiger partial charge in [0.05, 0.1) is 12.6 Å². The van der Waals surface area contributed by atoms with Crippen molar-refractivity contribution in [3.8, 4) is 0 Å². The van der Waals surface area contributed by atoms with Crippen LogP contribution < -0.4 is 60.2 Å². The zero-order chi connectivity index (χ0) is 54.9. The van der Waals surface area contributed by atoms with Crippen LogP contribution in [-0.2, 0) is 47.9 Å². The van der Waals surface area contributed by atoms with Crippen molar-refractivity contribution in [3.63, 3.8) is 0 Å². The number of hydrogen-bond acceptors (Lipinski definition) is 15. The molecule has 0 saturated carbocycles. The summed E-state index contributed by atoms with van der Waals surface area (Å²) in [5, 5.41) is 48.4. The van der Waals surface area contributed by atoms with Gasteiger partial charge >= 0.3 is 11.9 Å². The number of nitrogens with zero attached hydrogens (tertiary/aromatic N) is 3. The van der Waals surface area contributed by atoms with Gasteiger partial charge in [-0.3, -0.25) is 48.1 Å². The number of rotatable bonds is 33. The summed E-state index contributed by atoms with van der Waals surface area (Å²) in [6, 6.07) is -10.7. The summed E-state index contributed by atoms with van der Waals surface area (Å²) in [6.07, 6.45) is 3.81. The van der Waals surface area contributed by atoms with E-state index in [2.05, 4.69) is 42.2 Å². The Balaban J connectivity index is 1.80. The number of nitrogens with one attached hydrogen (secondary N) is 7. The minimum atomic E-state index is -1.65. The monoisotopic (exact) mass is 1050 g/mol. The number of nitrogens with two attached hydrogens (primary N) is 4. The quantitative estimate of drug-likeness (QED) is 0.0169. The number of aliphatic carboxylic acids is 2. The summed E-state index contributed by atoms with van der Waals surface area (Å²) in [4.78, 5) is 141. The number of aliphatic hydroxyl groups is 1. The molecule has 0 aromatic rings. The zero-order valence-electron chi connectivity index (χ0n) is 42.8. The molecule has 3 heterocycles. The molecule has 3 aliphatic rings. The molecule has 3 rings (SSSR count). The van der Waals surface area contributed by atoms with Crippen molar-refractivity contribution in [2.75, 3.05) is 45.9 Å². The molecular weight excluding hydrogens is 969 g/mol. The molecule has 74 heavy (non-hydrogen) atoms. The van der Waals surface area contributed by atoms with Crippen LogP contribution in [0.3, 0.4) is 0 Å². The van der Waals surface area contributed by atoms with E-state index < -0.39 is 121 Å². The van der Waals surface area contributed by atoms with Crippen LogP contribution in [0.15, 0.2) is 4.99 Å². The third kappa shape index (κ3) is 20.3. The van der Waals surface area contributed by atoms with Crippen LogP contribution in [0.1, 0.15) is 123 Å². The van der Waals surface area contributed by atoms with Gasteiger partial charge in [0.1, 0.15) is 48.3 Å². The van der Waals surface area contributed by atoms with Crippen molar-refractivity contribution < 1.29 is 63.3 Å². The third-order valence-corrected chi connectivity index (χ3v) is 13.2. The first-order valence-corrected chi connectivity index (χ1v) is 25.9. The topological polar surface area (TPSA) is 439 Å². The predicted octanol–water partition coefficient (Wildman–Crippen LogP) is -4.07. The lowest BCUT2D eigenvalue weighted by molar-refractivity contribution is -0.145. The molecule has 0 aliphatic carbocycles. The number of carboxylic acid groups (broad SMARTS) is 2. The van der Waals surface area contributed by atoms with E-state index in [0.717, 1.165) is 6.42 Å². The molecule has 0 spiro atoms. The number of likely N-dealkylation sites (tertiary alicyclic amines) is 2. The second-order valence-electron chi connectivity index (χ2n) is 19.5. The van der Waals surface area contributed by atoms with Crippen LogP contribution in [0.2, 0.25) is 0 Å². The minimum absolute atomic E-state index is 0.0430. The van der Waals surface area contributed by atoms with Crippen LogP contribution >= 0.6 is 0 Å². The Morgan fingerprint density at radius 1 is 0.595 bits per heavy atom. The Bertz CT molecular complexity index is 1950. The first-order valence-electron chi connectivity index (χ1n) is 25.9. The number of amides is 8. The molecule has 3 saturated heterocycles. The van der Waals surface area contributed by atoms with Gasteiger partial charge in [-0.15, -0.1) is 0 Å². The smallest absolute Gasteiger partial charge is 0.326 e. The molecule has 9 atom stereocenters. The molecule has 0 radical (unpaired) electrons. The van der Waals surface area contributed by atoms with Crippen LogP contribution in [0.25, 0.3) is 0 Å². The summed E-state index contributed by atoms with van der Waals surface area (Å²) in [5.41, 5.74) is 22.2. The van der Waals surface area contributed by atoms with Crippen molar-refractivity contribution in [2.24, 2.45) is 33.8 Å². The van der Waals surface area contributed by atoms with Crippen molar-refractivity contribution in [3.05, 3.63) is 0 Å². The molecule has 0 aromatic heterocycles. The average molecular weight is 1050 g/mol. The van der Waals surface area contributed by atoms with Crippen LogP contribution in [-0.4, -0.2) is 191 Å².